The van der Waals surface area contributed by atoms with Gasteiger partial charge >= 0.3 is 0 Å². The van der Waals surface area contributed by atoms with Crippen molar-refractivity contribution in [3.63, 3.8) is 0 Å². The molecule has 3 rings (SSSR count). The molecule has 0 bridgehead atoms. The summed E-state index contributed by atoms with van der Waals surface area (Å²) in [5.74, 6) is 0.969. The van der Waals surface area contributed by atoms with E-state index in [1.165, 1.54) is 31.2 Å². The van der Waals surface area contributed by atoms with Crippen molar-refractivity contribution in [2.45, 2.75) is 58.5 Å². The summed E-state index contributed by atoms with van der Waals surface area (Å²) >= 11 is 6.16. The zero-order valence-electron chi connectivity index (χ0n) is 15.4. The molecule has 0 radical (unpaired) electrons. The SMILES string of the molecule is Cc1c(N)cc(Cl)cc1CN1CCN(C(=O)CC2CCCC2)C(C)C1. The molecule has 1 saturated carbocycles. The predicted octanol–water partition coefficient (Wildman–Crippen LogP) is 3.84. The van der Waals surface area contributed by atoms with Gasteiger partial charge in [-0.1, -0.05) is 24.4 Å². The zero-order chi connectivity index (χ0) is 18.0. The van der Waals surface area contributed by atoms with Crippen LogP contribution in [0.2, 0.25) is 5.02 Å². The Bertz CT molecular complexity index is 628. The second kappa shape index (κ2) is 7.96. The van der Waals surface area contributed by atoms with E-state index in [4.69, 9.17) is 17.3 Å². The lowest BCUT2D eigenvalue weighted by Gasteiger charge is -2.40. The van der Waals surface area contributed by atoms with Gasteiger partial charge in [0.05, 0.1) is 0 Å². The quantitative estimate of drug-likeness (QED) is 0.827. The summed E-state index contributed by atoms with van der Waals surface area (Å²) in [5, 5.41) is 0.691. The molecule has 138 valence electrons. The van der Waals surface area contributed by atoms with Gasteiger partial charge in [0.2, 0.25) is 5.91 Å². The summed E-state index contributed by atoms with van der Waals surface area (Å²) in [6.45, 7) is 7.69. The number of amides is 1. The van der Waals surface area contributed by atoms with Gasteiger partial charge in [-0.2, -0.15) is 0 Å². The molecule has 1 heterocycles. The van der Waals surface area contributed by atoms with Crippen molar-refractivity contribution in [2.24, 2.45) is 5.92 Å². The number of hydrogen-bond acceptors (Lipinski definition) is 3. The molecule has 1 amide bonds. The molecule has 0 spiro atoms. The van der Waals surface area contributed by atoms with Crippen LogP contribution >= 0.6 is 11.6 Å². The third kappa shape index (κ3) is 4.48. The highest BCUT2D eigenvalue weighted by Gasteiger charge is 2.29. The van der Waals surface area contributed by atoms with Gasteiger partial charge < -0.3 is 10.6 Å². The first kappa shape index (κ1) is 18.5. The average Bonchev–Trinajstić information content (AvgIpc) is 3.05. The molecule has 1 atom stereocenters. The molecule has 2 aliphatic rings. The lowest BCUT2D eigenvalue weighted by atomic mass is 10.0. The Kier molecular flexibility index (Phi) is 5.90. The Labute approximate surface area is 156 Å². The highest BCUT2D eigenvalue weighted by atomic mass is 35.5. The first-order chi connectivity index (χ1) is 11.9. The first-order valence-corrected chi connectivity index (χ1v) is 9.88. The van der Waals surface area contributed by atoms with E-state index in [1.807, 2.05) is 19.1 Å². The molecule has 4 nitrogen and oxygen atoms in total. The maximum absolute atomic E-state index is 12.6. The fourth-order valence-electron chi connectivity index (χ4n) is 4.29. The molecular formula is C20H30ClN3O. The standard InChI is InChI=1S/C20H30ClN3O/c1-14-12-23(13-17-10-18(21)11-19(22)15(17)2)7-8-24(14)20(25)9-16-5-3-4-6-16/h10-11,14,16H,3-9,12-13,22H2,1-2H3. The fourth-order valence-corrected chi connectivity index (χ4v) is 4.54. The van der Waals surface area contributed by atoms with Crippen molar-refractivity contribution in [3.8, 4) is 0 Å². The van der Waals surface area contributed by atoms with Crippen molar-refractivity contribution in [3.05, 3.63) is 28.3 Å². The summed E-state index contributed by atoms with van der Waals surface area (Å²) in [5.41, 5.74) is 9.08. The number of nitrogens with two attached hydrogens (primary N) is 1. The van der Waals surface area contributed by atoms with Crippen LogP contribution in [0.1, 0.15) is 50.2 Å². The van der Waals surface area contributed by atoms with E-state index < -0.39 is 0 Å². The zero-order valence-corrected chi connectivity index (χ0v) is 16.2. The first-order valence-electron chi connectivity index (χ1n) is 9.50. The number of piperazine rings is 1. The number of rotatable bonds is 4. The molecule has 25 heavy (non-hydrogen) atoms. The Morgan fingerprint density at radius 3 is 2.68 bits per heavy atom. The van der Waals surface area contributed by atoms with Crippen molar-refractivity contribution in [1.29, 1.82) is 0 Å². The number of anilines is 1. The van der Waals surface area contributed by atoms with Crippen LogP contribution in [0, 0.1) is 12.8 Å². The van der Waals surface area contributed by atoms with Crippen LogP contribution < -0.4 is 5.73 Å². The largest absolute Gasteiger partial charge is 0.398 e. The van der Waals surface area contributed by atoms with E-state index in [1.54, 1.807) is 0 Å². The highest BCUT2D eigenvalue weighted by molar-refractivity contribution is 6.31. The Hall–Kier alpha value is -1.26. The van der Waals surface area contributed by atoms with Crippen molar-refractivity contribution in [2.75, 3.05) is 25.4 Å². The van der Waals surface area contributed by atoms with Gasteiger partial charge in [0.25, 0.3) is 0 Å². The molecule has 1 saturated heterocycles. The molecular weight excluding hydrogens is 334 g/mol. The van der Waals surface area contributed by atoms with Crippen LogP contribution in [0.25, 0.3) is 0 Å². The minimum atomic E-state index is 0.263. The second-order valence-electron chi connectivity index (χ2n) is 7.81. The molecule has 5 heteroatoms. The number of benzene rings is 1. The van der Waals surface area contributed by atoms with E-state index in [0.29, 0.717) is 16.8 Å². The number of carbonyl (C=O) groups is 1. The average molecular weight is 364 g/mol. The predicted molar refractivity (Wildman–Crippen MR) is 104 cm³/mol. The lowest BCUT2D eigenvalue weighted by molar-refractivity contribution is -0.136. The number of halogens is 1. The van der Waals surface area contributed by atoms with Crippen molar-refractivity contribution >= 4 is 23.2 Å². The van der Waals surface area contributed by atoms with Crippen molar-refractivity contribution < 1.29 is 4.79 Å². The minimum absolute atomic E-state index is 0.263. The van der Waals surface area contributed by atoms with Crippen LogP contribution in [-0.4, -0.2) is 41.4 Å². The maximum atomic E-state index is 12.6. The molecule has 1 aliphatic carbocycles. The van der Waals surface area contributed by atoms with Gasteiger partial charge in [-0.25, -0.2) is 0 Å². The summed E-state index contributed by atoms with van der Waals surface area (Å²) < 4.78 is 0. The molecule has 1 aliphatic heterocycles. The smallest absolute Gasteiger partial charge is 0.223 e. The van der Waals surface area contributed by atoms with E-state index >= 15 is 0 Å². The minimum Gasteiger partial charge on any atom is -0.398 e. The van der Waals surface area contributed by atoms with Crippen LogP contribution in [-0.2, 0) is 11.3 Å². The Morgan fingerprint density at radius 2 is 2.00 bits per heavy atom. The highest BCUT2D eigenvalue weighted by Crippen LogP contribution is 2.29. The van der Waals surface area contributed by atoms with Crippen molar-refractivity contribution in [1.82, 2.24) is 9.80 Å². The Morgan fingerprint density at radius 1 is 1.28 bits per heavy atom. The summed E-state index contributed by atoms with van der Waals surface area (Å²) in [4.78, 5) is 17.1. The molecule has 1 aromatic carbocycles. The van der Waals surface area contributed by atoms with E-state index in [-0.39, 0.29) is 6.04 Å². The van der Waals surface area contributed by atoms with Crippen LogP contribution in [0.5, 0.6) is 0 Å². The maximum Gasteiger partial charge on any atom is 0.223 e. The molecule has 1 aromatic rings. The molecule has 2 N–H and O–H groups in total. The van der Waals surface area contributed by atoms with Gasteiger partial charge in [-0.3, -0.25) is 9.69 Å². The monoisotopic (exact) mass is 363 g/mol. The van der Waals surface area contributed by atoms with Gasteiger partial charge in [0, 0.05) is 49.4 Å². The van der Waals surface area contributed by atoms with Crippen LogP contribution in [0.3, 0.4) is 0 Å². The van der Waals surface area contributed by atoms with Crippen LogP contribution in [0.4, 0.5) is 5.69 Å². The number of nitrogens with zero attached hydrogens (tertiary/aromatic N) is 2. The molecule has 1 unspecified atom stereocenters. The molecule has 0 aromatic heterocycles. The molecule has 2 fully saturated rings. The summed E-state index contributed by atoms with van der Waals surface area (Å²) in [6, 6.07) is 4.08. The summed E-state index contributed by atoms with van der Waals surface area (Å²) in [7, 11) is 0. The number of carbonyl (C=O) groups excluding carboxylic acids is 1. The number of nitrogen functional groups attached to an aromatic ring is 1. The third-order valence-corrected chi connectivity index (χ3v) is 6.10. The summed E-state index contributed by atoms with van der Waals surface area (Å²) in [6.07, 6.45) is 5.80. The van der Waals surface area contributed by atoms with Gasteiger partial charge in [-0.15, -0.1) is 0 Å². The van der Waals surface area contributed by atoms with Gasteiger partial charge in [-0.05, 0) is 55.9 Å². The normalized spacial score (nSPS) is 22.5. The second-order valence-corrected chi connectivity index (χ2v) is 8.24. The fraction of sp³-hybridized carbons (Fsp3) is 0.650. The van der Waals surface area contributed by atoms with E-state index in [2.05, 4.69) is 16.7 Å². The van der Waals surface area contributed by atoms with E-state index in [0.717, 1.165) is 43.9 Å². The van der Waals surface area contributed by atoms with Gasteiger partial charge in [0.15, 0.2) is 0 Å². The Balaban J connectivity index is 1.57. The topological polar surface area (TPSA) is 49.6 Å². The third-order valence-electron chi connectivity index (χ3n) is 5.88. The van der Waals surface area contributed by atoms with E-state index in [9.17, 15) is 4.79 Å². The van der Waals surface area contributed by atoms with Crippen LogP contribution in [0.15, 0.2) is 12.1 Å². The number of hydrogen-bond donors (Lipinski definition) is 1. The van der Waals surface area contributed by atoms with Gasteiger partial charge in [0.1, 0.15) is 0 Å². The lowest BCUT2D eigenvalue weighted by Crippen LogP contribution is -2.53.